The number of ether oxygens (including phenoxy) is 1. The fraction of sp³-hybridized carbons (Fsp3) is 0.312. The minimum absolute atomic E-state index is 0.284. The summed E-state index contributed by atoms with van der Waals surface area (Å²) in [6, 6.07) is 7.59. The second kappa shape index (κ2) is 6.00. The average molecular weight is 330 g/mol. The number of amides is 1. The number of hydrogen-bond acceptors (Lipinski definition) is 4. The van der Waals surface area contributed by atoms with Gasteiger partial charge in [-0.15, -0.1) is 0 Å². The minimum atomic E-state index is -0.284. The zero-order valence-electron chi connectivity index (χ0n) is 13.5. The predicted octanol–water partition coefficient (Wildman–Crippen LogP) is 2.51. The van der Waals surface area contributed by atoms with Crippen LogP contribution in [0.25, 0.3) is 10.2 Å². The van der Waals surface area contributed by atoms with Crippen molar-refractivity contribution in [3.8, 4) is 5.75 Å². The molecule has 3 aromatic rings. The molecule has 0 aliphatic rings. The van der Waals surface area contributed by atoms with Crippen molar-refractivity contribution in [1.82, 2.24) is 14.3 Å². The van der Waals surface area contributed by atoms with Gasteiger partial charge in [0.15, 0.2) is 4.80 Å². The van der Waals surface area contributed by atoms with Gasteiger partial charge < -0.3 is 9.30 Å². The number of hydrogen-bond donors (Lipinski definition) is 0. The number of fused-ring (bicyclic) bond motifs is 1. The number of thiazole rings is 1. The lowest BCUT2D eigenvalue weighted by molar-refractivity contribution is 0.0988. The van der Waals surface area contributed by atoms with Gasteiger partial charge in [-0.25, -0.2) is 0 Å². The number of benzene rings is 1. The smallest absolute Gasteiger partial charge is 0.297 e. The molecule has 0 bridgehead atoms. The van der Waals surface area contributed by atoms with Crippen LogP contribution in [0.4, 0.5) is 0 Å². The number of rotatable bonds is 3. The number of aromatic nitrogens is 3. The second-order valence-corrected chi connectivity index (χ2v) is 6.16. The molecule has 0 N–H and O–H groups in total. The summed E-state index contributed by atoms with van der Waals surface area (Å²) in [5, 5.41) is 4.30. The molecule has 23 heavy (non-hydrogen) atoms. The van der Waals surface area contributed by atoms with E-state index in [0.29, 0.717) is 17.0 Å². The Labute approximate surface area is 137 Å². The third-order valence-corrected chi connectivity index (χ3v) is 4.72. The molecule has 2 heterocycles. The molecule has 0 unspecified atom stereocenters. The second-order valence-electron chi connectivity index (χ2n) is 5.15. The van der Waals surface area contributed by atoms with Crippen LogP contribution in [0.2, 0.25) is 0 Å². The Hall–Kier alpha value is -2.41. The fourth-order valence-corrected chi connectivity index (χ4v) is 3.58. The van der Waals surface area contributed by atoms with Crippen LogP contribution in [0.1, 0.15) is 23.1 Å². The highest BCUT2D eigenvalue weighted by atomic mass is 32.1. The Bertz CT molecular complexity index is 949. The van der Waals surface area contributed by atoms with Gasteiger partial charge in [0.05, 0.1) is 17.5 Å². The van der Waals surface area contributed by atoms with Crippen molar-refractivity contribution in [2.24, 2.45) is 12.0 Å². The Morgan fingerprint density at radius 3 is 2.91 bits per heavy atom. The first-order chi connectivity index (χ1) is 11.0. The van der Waals surface area contributed by atoms with Gasteiger partial charge in [0.25, 0.3) is 5.91 Å². The molecule has 1 aromatic carbocycles. The molecular weight excluding hydrogens is 312 g/mol. The van der Waals surface area contributed by atoms with Crippen molar-refractivity contribution in [3.05, 3.63) is 40.5 Å². The van der Waals surface area contributed by atoms with Crippen LogP contribution in [0, 0.1) is 6.92 Å². The zero-order valence-corrected chi connectivity index (χ0v) is 14.3. The van der Waals surface area contributed by atoms with Crippen LogP contribution >= 0.6 is 11.3 Å². The lowest BCUT2D eigenvalue weighted by Crippen LogP contribution is -2.15. The van der Waals surface area contributed by atoms with Crippen molar-refractivity contribution in [2.45, 2.75) is 20.4 Å². The molecule has 0 aliphatic heterocycles. The molecular formula is C16H18N4O2S. The van der Waals surface area contributed by atoms with Crippen LogP contribution in [0.15, 0.2) is 29.3 Å². The summed E-state index contributed by atoms with van der Waals surface area (Å²) in [6.45, 7) is 4.46. The molecule has 0 saturated carbocycles. The van der Waals surface area contributed by atoms with Crippen molar-refractivity contribution < 1.29 is 9.53 Å². The summed E-state index contributed by atoms with van der Waals surface area (Å²) in [5.41, 5.74) is 2.26. The summed E-state index contributed by atoms with van der Waals surface area (Å²) in [4.78, 5) is 17.4. The van der Waals surface area contributed by atoms with Gasteiger partial charge in [0.1, 0.15) is 17.0 Å². The van der Waals surface area contributed by atoms with E-state index in [9.17, 15) is 4.79 Å². The summed E-state index contributed by atoms with van der Waals surface area (Å²) in [5.74, 6) is 0.484. The number of methoxy groups -OCH3 is 1. The molecule has 6 nitrogen and oxygen atoms in total. The van der Waals surface area contributed by atoms with Crippen LogP contribution in [0.3, 0.4) is 0 Å². The van der Waals surface area contributed by atoms with Gasteiger partial charge in [-0.1, -0.05) is 17.4 Å². The van der Waals surface area contributed by atoms with E-state index in [1.54, 1.807) is 17.9 Å². The van der Waals surface area contributed by atoms with E-state index in [1.165, 1.54) is 11.3 Å². The van der Waals surface area contributed by atoms with E-state index in [4.69, 9.17) is 4.74 Å². The van der Waals surface area contributed by atoms with Crippen molar-refractivity contribution >= 4 is 27.5 Å². The average Bonchev–Trinajstić information content (AvgIpc) is 3.08. The summed E-state index contributed by atoms with van der Waals surface area (Å²) < 4.78 is 9.98. The number of para-hydroxylation sites is 1. The Balaban J connectivity index is 2.14. The van der Waals surface area contributed by atoms with Gasteiger partial charge in [0, 0.05) is 13.6 Å². The molecule has 3 rings (SSSR count). The quantitative estimate of drug-likeness (QED) is 0.741. The topological polar surface area (TPSA) is 61.4 Å². The fourth-order valence-electron chi connectivity index (χ4n) is 2.54. The van der Waals surface area contributed by atoms with Gasteiger partial charge in [0.2, 0.25) is 0 Å². The third kappa shape index (κ3) is 2.68. The van der Waals surface area contributed by atoms with Gasteiger partial charge >= 0.3 is 0 Å². The molecule has 0 spiro atoms. The monoisotopic (exact) mass is 330 g/mol. The molecule has 0 fully saturated rings. The molecule has 120 valence electrons. The standard InChI is InChI=1S/C16H18N4O2S/c1-5-20-11(9-10(2)18-20)15(21)17-16-19(3)14-12(22-4)7-6-8-13(14)23-16/h6-9H,5H2,1-4H3. The molecule has 0 radical (unpaired) electrons. The molecule has 1 amide bonds. The number of nitrogens with zero attached hydrogens (tertiary/aromatic N) is 4. The molecule has 2 aromatic heterocycles. The SMILES string of the molecule is CCn1nc(C)cc1C(=O)N=c1sc2cccc(OC)c2n1C. The molecule has 0 atom stereocenters. The predicted molar refractivity (Wildman–Crippen MR) is 89.9 cm³/mol. The highest BCUT2D eigenvalue weighted by Crippen LogP contribution is 2.26. The Morgan fingerprint density at radius 2 is 2.22 bits per heavy atom. The van der Waals surface area contributed by atoms with E-state index >= 15 is 0 Å². The molecule has 0 saturated heterocycles. The number of carbonyl (C=O) groups is 1. The first kappa shape index (κ1) is 15.5. The van der Waals surface area contributed by atoms with Crippen LogP contribution in [-0.2, 0) is 13.6 Å². The van der Waals surface area contributed by atoms with Gasteiger partial charge in [-0.3, -0.25) is 9.48 Å². The third-order valence-electron chi connectivity index (χ3n) is 3.62. The number of aryl methyl sites for hydroxylation is 3. The molecule has 0 aliphatic carbocycles. The largest absolute Gasteiger partial charge is 0.495 e. The van der Waals surface area contributed by atoms with Crippen molar-refractivity contribution in [3.63, 3.8) is 0 Å². The Kier molecular flexibility index (Phi) is 4.04. The van der Waals surface area contributed by atoms with Crippen LogP contribution in [-0.4, -0.2) is 27.4 Å². The van der Waals surface area contributed by atoms with E-state index in [0.717, 1.165) is 21.7 Å². The zero-order chi connectivity index (χ0) is 16.6. The summed E-state index contributed by atoms with van der Waals surface area (Å²) in [7, 11) is 3.52. The highest BCUT2D eigenvalue weighted by Gasteiger charge is 2.14. The maximum Gasteiger partial charge on any atom is 0.297 e. The van der Waals surface area contributed by atoms with Crippen molar-refractivity contribution in [2.75, 3.05) is 7.11 Å². The first-order valence-electron chi connectivity index (χ1n) is 7.31. The number of carbonyl (C=O) groups excluding carboxylic acids is 1. The van der Waals surface area contributed by atoms with Crippen molar-refractivity contribution in [1.29, 1.82) is 0 Å². The maximum atomic E-state index is 12.5. The molecule has 7 heteroatoms. The maximum absolute atomic E-state index is 12.5. The van der Waals surface area contributed by atoms with Gasteiger partial charge in [-0.05, 0) is 32.0 Å². The lowest BCUT2D eigenvalue weighted by atomic mass is 10.3. The first-order valence-corrected chi connectivity index (χ1v) is 8.12. The van der Waals surface area contributed by atoms with E-state index in [1.807, 2.05) is 43.7 Å². The Morgan fingerprint density at radius 1 is 1.43 bits per heavy atom. The van der Waals surface area contributed by atoms with E-state index < -0.39 is 0 Å². The highest BCUT2D eigenvalue weighted by molar-refractivity contribution is 7.16. The minimum Gasteiger partial charge on any atom is -0.495 e. The summed E-state index contributed by atoms with van der Waals surface area (Å²) >= 11 is 1.46. The van der Waals surface area contributed by atoms with Crippen LogP contribution in [0.5, 0.6) is 5.75 Å². The lowest BCUT2D eigenvalue weighted by Gasteiger charge is -2.03. The van der Waals surface area contributed by atoms with E-state index in [-0.39, 0.29) is 5.91 Å². The van der Waals surface area contributed by atoms with E-state index in [2.05, 4.69) is 10.1 Å². The summed E-state index contributed by atoms with van der Waals surface area (Å²) in [6.07, 6.45) is 0. The normalized spacial score (nSPS) is 12.1. The van der Waals surface area contributed by atoms with Crippen LogP contribution < -0.4 is 9.54 Å². The van der Waals surface area contributed by atoms with Gasteiger partial charge in [-0.2, -0.15) is 10.1 Å².